The minimum Gasteiger partial charge on any atom is -1.00 e. The molecule has 0 aliphatic carbocycles. The van der Waals surface area contributed by atoms with Crippen molar-refractivity contribution in [1.82, 2.24) is 0 Å². The Kier molecular flexibility index (Phi) is 22.7. The number of carbonyl (C=O) groups is 1. The molecule has 0 unspecified atom stereocenters. The molecule has 148 valence electrons. The maximum Gasteiger partial charge on any atom is 2.00 e. The van der Waals surface area contributed by atoms with Crippen molar-refractivity contribution in [2.45, 2.75) is 110 Å². The summed E-state index contributed by atoms with van der Waals surface area (Å²) >= 11 is 0. The molecule has 0 aliphatic rings. The van der Waals surface area contributed by atoms with Crippen molar-refractivity contribution in [2.75, 3.05) is 0 Å². The Morgan fingerprint density at radius 1 is 0.760 bits per heavy atom. The second-order valence-corrected chi connectivity index (χ2v) is 7.82. The van der Waals surface area contributed by atoms with Gasteiger partial charge in [0, 0.05) is 6.42 Å². The Bertz CT molecular complexity index is 357. The number of rotatable bonds is 17. The van der Waals surface area contributed by atoms with E-state index < -0.39 is 13.8 Å². The van der Waals surface area contributed by atoms with Crippen molar-refractivity contribution in [3.63, 3.8) is 0 Å². The van der Waals surface area contributed by atoms with Crippen molar-refractivity contribution in [2.24, 2.45) is 0 Å². The minimum atomic E-state index is -4.66. The van der Waals surface area contributed by atoms with Gasteiger partial charge in [-0.05, 0) is 6.42 Å². The van der Waals surface area contributed by atoms with Gasteiger partial charge in [0.25, 0.3) is 0 Å². The van der Waals surface area contributed by atoms with Crippen LogP contribution in [-0.2, 0) is 13.9 Å². The molecule has 0 radical (unpaired) electrons. The first-order chi connectivity index (χ1) is 11.5. The summed E-state index contributed by atoms with van der Waals surface area (Å²) in [4.78, 5) is 28.0. The predicted octanol–water partition coefficient (Wildman–Crippen LogP) is 5.73. The monoisotopic (exact) mass is 504 g/mol. The molecule has 0 atom stereocenters. The summed E-state index contributed by atoms with van der Waals surface area (Å²) in [5.74, 6) is -0.807. The van der Waals surface area contributed by atoms with Crippen molar-refractivity contribution in [3.8, 4) is 0 Å². The van der Waals surface area contributed by atoms with Gasteiger partial charge in [0.05, 0.1) is 0 Å². The van der Waals surface area contributed by atoms with E-state index in [1.54, 1.807) is 0 Å². The van der Waals surface area contributed by atoms with Crippen molar-refractivity contribution in [1.29, 1.82) is 0 Å². The van der Waals surface area contributed by atoms with E-state index in [2.05, 4.69) is 11.4 Å². The topological polar surface area (TPSA) is 83.8 Å². The molecule has 0 aliphatic heterocycles. The zero-order chi connectivity index (χ0) is 18.1. The van der Waals surface area contributed by atoms with Crippen LogP contribution in [-0.4, -0.2) is 64.6 Å². The van der Waals surface area contributed by atoms with Crippen LogP contribution in [0.3, 0.4) is 0 Å². The average molecular weight is 504 g/mol. The maximum atomic E-state index is 11.1. The standard InChI is InChI=1S/C18H37O5P.Ba.2H/c1-2-3-4-5-6-7-8-9-10-11-12-13-14-15-16-17-18(19)23-24(20,21)22;;;/h2-17H2,1H3,(H2,20,21,22);;;/q;+2;2*-1. The molecule has 0 amide bonds. The third kappa shape index (κ3) is 25.2. The first-order valence-electron chi connectivity index (χ1n) is 9.73. The van der Waals surface area contributed by atoms with E-state index in [0.717, 1.165) is 12.8 Å². The van der Waals surface area contributed by atoms with Crippen molar-refractivity contribution < 1.29 is 26.5 Å². The number of phosphoric ester groups is 1. The summed E-state index contributed by atoms with van der Waals surface area (Å²) in [5, 5.41) is 0. The van der Waals surface area contributed by atoms with Gasteiger partial charge in [-0.15, -0.1) is 0 Å². The first-order valence-corrected chi connectivity index (χ1v) is 11.3. The summed E-state index contributed by atoms with van der Waals surface area (Å²) in [5.41, 5.74) is 0. The molecule has 7 heteroatoms. The summed E-state index contributed by atoms with van der Waals surface area (Å²) < 4.78 is 14.4. The zero-order valence-electron chi connectivity index (χ0n) is 18.1. The van der Waals surface area contributed by atoms with Gasteiger partial charge in [0.2, 0.25) is 0 Å². The van der Waals surface area contributed by atoms with Crippen LogP contribution in [0.1, 0.15) is 113 Å². The quantitative estimate of drug-likeness (QED) is 0.150. The van der Waals surface area contributed by atoms with Crippen molar-refractivity contribution in [3.05, 3.63) is 0 Å². The van der Waals surface area contributed by atoms with Gasteiger partial charge in [-0.2, -0.15) is 0 Å². The number of hydrogen-bond acceptors (Lipinski definition) is 3. The van der Waals surface area contributed by atoms with Crippen LogP contribution in [0.4, 0.5) is 0 Å². The van der Waals surface area contributed by atoms with Crippen LogP contribution in [0.15, 0.2) is 0 Å². The van der Waals surface area contributed by atoms with Gasteiger partial charge in [-0.3, -0.25) is 14.6 Å². The Balaban J connectivity index is -0.000000882. The predicted molar refractivity (Wildman–Crippen MR) is 106 cm³/mol. The maximum absolute atomic E-state index is 11.1. The molecule has 0 saturated carbocycles. The van der Waals surface area contributed by atoms with Crippen molar-refractivity contribution >= 4 is 62.7 Å². The number of unbranched alkanes of at least 4 members (excludes halogenated alkanes) is 14. The Morgan fingerprint density at radius 3 is 1.40 bits per heavy atom. The smallest absolute Gasteiger partial charge is 1.00 e. The van der Waals surface area contributed by atoms with E-state index in [-0.39, 0.29) is 58.2 Å². The molecule has 0 rings (SSSR count). The molecule has 0 aromatic carbocycles. The molecule has 0 saturated heterocycles. The summed E-state index contributed by atoms with van der Waals surface area (Å²) in [6.45, 7) is 2.25. The van der Waals surface area contributed by atoms with E-state index in [4.69, 9.17) is 9.79 Å². The van der Waals surface area contributed by atoms with E-state index in [9.17, 15) is 9.36 Å². The fourth-order valence-electron chi connectivity index (χ4n) is 2.82. The van der Waals surface area contributed by atoms with Crippen LogP contribution in [0.5, 0.6) is 0 Å². The third-order valence-corrected chi connectivity index (χ3v) is 4.65. The number of phosphoric acid groups is 1. The molecule has 0 aromatic rings. The Morgan fingerprint density at radius 2 is 1.08 bits per heavy atom. The fourth-order valence-corrected chi connectivity index (χ4v) is 3.18. The van der Waals surface area contributed by atoms with Crippen LogP contribution < -0.4 is 0 Å². The molecule has 2 N–H and O–H groups in total. The SMILES string of the molecule is CCCCCCCCCCCCCCCCCC(=O)OP(=O)(O)O.[Ba+2].[H-].[H-]. The molecule has 0 bridgehead atoms. The van der Waals surface area contributed by atoms with Gasteiger partial charge < -0.3 is 7.38 Å². The number of carbonyl (C=O) groups excluding carboxylic acids is 1. The van der Waals surface area contributed by atoms with Gasteiger partial charge in [-0.1, -0.05) is 96.8 Å². The van der Waals surface area contributed by atoms with E-state index in [1.165, 1.54) is 77.0 Å². The second-order valence-electron chi connectivity index (χ2n) is 6.65. The zero-order valence-corrected chi connectivity index (χ0v) is 21.4. The Labute approximate surface area is 197 Å². The molecule has 0 fully saturated rings. The number of hydrogen-bond donors (Lipinski definition) is 2. The molecule has 5 nitrogen and oxygen atoms in total. The minimum absolute atomic E-state index is 0. The molecular formula is C18H39BaO5P. The Hall–Kier alpha value is 1.19. The summed E-state index contributed by atoms with van der Waals surface area (Å²) in [7, 11) is -4.66. The molecule has 0 heterocycles. The molecular weight excluding hydrogens is 464 g/mol. The van der Waals surface area contributed by atoms with Crippen LogP contribution in [0, 0.1) is 0 Å². The summed E-state index contributed by atoms with van der Waals surface area (Å²) in [6, 6.07) is 0. The van der Waals surface area contributed by atoms with Gasteiger partial charge in [0.15, 0.2) is 0 Å². The van der Waals surface area contributed by atoms with E-state index >= 15 is 0 Å². The van der Waals surface area contributed by atoms with E-state index in [1.807, 2.05) is 0 Å². The third-order valence-electron chi connectivity index (χ3n) is 4.21. The summed E-state index contributed by atoms with van der Waals surface area (Å²) in [6.07, 6.45) is 18.7. The average Bonchev–Trinajstić information content (AvgIpc) is 2.49. The normalized spacial score (nSPS) is 11.2. The molecule has 0 spiro atoms. The van der Waals surface area contributed by atoms with Gasteiger partial charge in [0.1, 0.15) is 0 Å². The largest absolute Gasteiger partial charge is 2.00 e. The van der Waals surface area contributed by atoms with Gasteiger partial charge in [-0.25, -0.2) is 4.57 Å². The van der Waals surface area contributed by atoms with Crippen LogP contribution >= 0.6 is 7.82 Å². The van der Waals surface area contributed by atoms with Crippen LogP contribution in [0.2, 0.25) is 0 Å². The van der Waals surface area contributed by atoms with Crippen LogP contribution in [0.25, 0.3) is 0 Å². The van der Waals surface area contributed by atoms with E-state index in [0.29, 0.717) is 6.42 Å². The second kappa shape index (κ2) is 19.9. The molecule has 0 aromatic heterocycles. The van der Waals surface area contributed by atoms with Gasteiger partial charge >= 0.3 is 62.7 Å². The molecule has 25 heavy (non-hydrogen) atoms. The first kappa shape index (κ1) is 28.4. The fraction of sp³-hybridized carbons (Fsp3) is 0.944.